The Hall–Kier alpha value is -3.55. The summed E-state index contributed by atoms with van der Waals surface area (Å²) in [5.41, 5.74) is 0.632. The average Bonchev–Trinajstić information content (AvgIpc) is 3.38. The number of benzene rings is 2. The van der Waals surface area contributed by atoms with E-state index in [1.54, 1.807) is 0 Å². The molecule has 4 aromatic rings. The Morgan fingerprint density at radius 1 is 1.13 bits per heavy atom. The predicted octanol–water partition coefficient (Wildman–Crippen LogP) is 6.04. The van der Waals surface area contributed by atoms with Crippen molar-refractivity contribution >= 4 is 16.8 Å². The van der Waals surface area contributed by atoms with Crippen LogP contribution in [-0.2, 0) is 6.18 Å². The van der Waals surface area contributed by atoms with E-state index in [1.165, 1.54) is 12.1 Å². The van der Waals surface area contributed by atoms with Crippen LogP contribution in [0.25, 0.3) is 33.8 Å². The van der Waals surface area contributed by atoms with E-state index in [-0.39, 0.29) is 22.9 Å². The summed E-state index contributed by atoms with van der Waals surface area (Å²) in [6, 6.07) is 14.0. The van der Waals surface area contributed by atoms with Crippen molar-refractivity contribution in [3.8, 4) is 22.9 Å². The molecule has 1 amide bonds. The minimum atomic E-state index is -4.51. The number of alkyl halides is 3. The monoisotopic (exact) mass is 427 g/mol. The van der Waals surface area contributed by atoms with Crippen LogP contribution in [0.5, 0.6) is 0 Å². The molecule has 5 nitrogen and oxygen atoms in total. The van der Waals surface area contributed by atoms with Crippen LogP contribution in [0, 0.1) is 0 Å². The molecular formula is C23H20F3N3O2. The highest BCUT2D eigenvalue weighted by atomic mass is 19.4. The van der Waals surface area contributed by atoms with E-state index in [1.807, 2.05) is 37.3 Å². The number of nitrogens with zero attached hydrogens (tertiary/aromatic N) is 1. The Labute approximate surface area is 176 Å². The molecule has 31 heavy (non-hydrogen) atoms. The van der Waals surface area contributed by atoms with Gasteiger partial charge in [0, 0.05) is 23.0 Å². The fraction of sp³-hybridized carbons (Fsp3) is 0.217. The standard InChI is InChI=1S/C23H20F3N3O2/c1-2-3-11-27-21(30)19-20(15-8-6-9-16(12-15)23(24,25)26)31-22(29-19)18-13-14-7-4-5-10-17(14)28-18/h4-10,12-13,28H,2-3,11H2,1H3,(H,27,30). The molecular weight excluding hydrogens is 407 g/mol. The van der Waals surface area contributed by atoms with Gasteiger partial charge in [-0.2, -0.15) is 13.2 Å². The molecule has 0 bridgehead atoms. The number of aromatic nitrogens is 2. The number of H-pyrrole nitrogens is 1. The fourth-order valence-corrected chi connectivity index (χ4v) is 3.27. The summed E-state index contributed by atoms with van der Waals surface area (Å²) in [6.07, 6.45) is -2.85. The third-order valence-electron chi connectivity index (χ3n) is 4.87. The molecule has 8 heteroatoms. The number of hydrogen-bond acceptors (Lipinski definition) is 3. The predicted molar refractivity (Wildman–Crippen MR) is 111 cm³/mol. The van der Waals surface area contributed by atoms with Gasteiger partial charge in [-0.05, 0) is 30.7 Å². The highest BCUT2D eigenvalue weighted by Gasteiger charge is 2.31. The number of oxazole rings is 1. The molecule has 0 aliphatic rings. The first kappa shape index (κ1) is 20.7. The number of fused-ring (bicyclic) bond motifs is 1. The number of carbonyl (C=O) groups is 1. The van der Waals surface area contributed by atoms with Crippen LogP contribution in [0.15, 0.2) is 59.0 Å². The Kier molecular flexibility index (Phi) is 5.54. The molecule has 0 spiro atoms. The zero-order valence-electron chi connectivity index (χ0n) is 16.7. The Morgan fingerprint density at radius 2 is 1.94 bits per heavy atom. The summed E-state index contributed by atoms with van der Waals surface area (Å²) in [4.78, 5) is 20.2. The number of hydrogen-bond donors (Lipinski definition) is 2. The molecule has 2 aromatic heterocycles. The van der Waals surface area contributed by atoms with Crippen molar-refractivity contribution in [3.63, 3.8) is 0 Å². The summed E-state index contributed by atoms with van der Waals surface area (Å²) in [7, 11) is 0. The molecule has 0 atom stereocenters. The minimum absolute atomic E-state index is 0.00578. The molecule has 2 N–H and O–H groups in total. The topological polar surface area (TPSA) is 70.9 Å². The van der Waals surface area contributed by atoms with Crippen molar-refractivity contribution in [1.82, 2.24) is 15.3 Å². The van der Waals surface area contributed by atoms with Gasteiger partial charge in [0.25, 0.3) is 5.91 Å². The number of carbonyl (C=O) groups excluding carboxylic acids is 1. The summed E-state index contributed by atoms with van der Waals surface area (Å²) >= 11 is 0. The molecule has 0 aliphatic carbocycles. The number of halogens is 3. The lowest BCUT2D eigenvalue weighted by Gasteiger charge is -2.08. The van der Waals surface area contributed by atoms with Gasteiger partial charge in [-0.3, -0.25) is 4.79 Å². The highest BCUT2D eigenvalue weighted by molar-refractivity contribution is 5.98. The van der Waals surface area contributed by atoms with E-state index in [9.17, 15) is 18.0 Å². The number of amides is 1. The van der Waals surface area contributed by atoms with Gasteiger partial charge in [0.2, 0.25) is 5.89 Å². The van der Waals surface area contributed by atoms with Crippen molar-refractivity contribution in [1.29, 1.82) is 0 Å². The molecule has 2 heterocycles. The van der Waals surface area contributed by atoms with Gasteiger partial charge < -0.3 is 14.7 Å². The van der Waals surface area contributed by atoms with Crippen molar-refractivity contribution in [2.24, 2.45) is 0 Å². The quantitative estimate of drug-likeness (QED) is 0.369. The van der Waals surface area contributed by atoms with Gasteiger partial charge in [0.05, 0.1) is 5.56 Å². The van der Waals surface area contributed by atoms with E-state index in [4.69, 9.17) is 4.42 Å². The summed E-state index contributed by atoms with van der Waals surface area (Å²) < 4.78 is 45.5. The Bertz CT molecular complexity index is 1190. The third kappa shape index (κ3) is 4.33. The molecule has 160 valence electrons. The van der Waals surface area contributed by atoms with E-state index < -0.39 is 17.6 Å². The third-order valence-corrected chi connectivity index (χ3v) is 4.87. The number of rotatable bonds is 6. The van der Waals surface area contributed by atoms with Crippen LogP contribution in [0.3, 0.4) is 0 Å². The lowest BCUT2D eigenvalue weighted by atomic mass is 10.1. The second kappa shape index (κ2) is 8.29. The van der Waals surface area contributed by atoms with Crippen molar-refractivity contribution < 1.29 is 22.4 Å². The summed E-state index contributed by atoms with van der Waals surface area (Å²) in [6.45, 7) is 2.43. The first-order chi connectivity index (χ1) is 14.9. The van der Waals surface area contributed by atoms with Crippen LogP contribution in [0.1, 0.15) is 35.8 Å². The molecule has 0 saturated carbocycles. The highest BCUT2D eigenvalue weighted by Crippen LogP contribution is 2.35. The number of nitrogens with one attached hydrogen (secondary N) is 2. The van der Waals surface area contributed by atoms with Crippen molar-refractivity contribution in [2.45, 2.75) is 25.9 Å². The molecule has 0 fully saturated rings. The van der Waals surface area contributed by atoms with Gasteiger partial charge in [-0.1, -0.05) is 43.7 Å². The van der Waals surface area contributed by atoms with Gasteiger partial charge in [0.15, 0.2) is 11.5 Å². The zero-order valence-corrected chi connectivity index (χ0v) is 16.7. The molecule has 0 aliphatic heterocycles. The maximum atomic E-state index is 13.2. The minimum Gasteiger partial charge on any atom is -0.434 e. The van der Waals surface area contributed by atoms with Crippen LogP contribution in [0.4, 0.5) is 13.2 Å². The van der Waals surface area contributed by atoms with Crippen molar-refractivity contribution in [2.75, 3.05) is 6.54 Å². The van der Waals surface area contributed by atoms with Gasteiger partial charge in [0.1, 0.15) is 5.69 Å². The van der Waals surface area contributed by atoms with Crippen molar-refractivity contribution in [3.05, 3.63) is 65.9 Å². The average molecular weight is 427 g/mol. The summed E-state index contributed by atoms with van der Waals surface area (Å²) in [5.74, 6) is -0.370. The first-order valence-electron chi connectivity index (χ1n) is 9.91. The maximum Gasteiger partial charge on any atom is 0.416 e. The number of unbranched alkanes of at least 4 members (excludes halogenated alkanes) is 1. The fourth-order valence-electron chi connectivity index (χ4n) is 3.27. The lowest BCUT2D eigenvalue weighted by molar-refractivity contribution is -0.137. The molecule has 4 rings (SSSR count). The first-order valence-corrected chi connectivity index (χ1v) is 9.91. The Balaban J connectivity index is 1.80. The van der Waals surface area contributed by atoms with E-state index in [2.05, 4.69) is 15.3 Å². The molecule has 2 aromatic carbocycles. The van der Waals surface area contributed by atoms with Gasteiger partial charge >= 0.3 is 6.18 Å². The van der Waals surface area contributed by atoms with E-state index in [0.29, 0.717) is 12.2 Å². The normalized spacial score (nSPS) is 11.7. The van der Waals surface area contributed by atoms with E-state index in [0.717, 1.165) is 35.9 Å². The molecule has 0 unspecified atom stereocenters. The largest absolute Gasteiger partial charge is 0.434 e. The molecule has 0 saturated heterocycles. The van der Waals surface area contributed by atoms with Gasteiger partial charge in [-0.25, -0.2) is 4.98 Å². The zero-order chi connectivity index (χ0) is 22.0. The maximum absolute atomic E-state index is 13.2. The second-order valence-electron chi connectivity index (χ2n) is 7.16. The summed E-state index contributed by atoms with van der Waals surface area (Å²) in [5, 5.41) is 3.67. The van der Waals surface area contributed by atoms with E-state index >= 15 is 0 Å². The van der Waals surface area contributed by atoms with Crippen LogP contribution >= 0.6 is 0 Å². The molecule has 0 radical (unpaired) electrons. The lowest BCUT2D eigenvalue weighted by Crippen LogP contribution is -2.25. The SMILES string of the molecule is CCCCNC(=O)c1nc(-c2cc3ccccc3[nH]2)oc1-c1cccc(C(F)(F)F)c1. The van der Waals surface area contributed by atoms with Gasteiger partial charge in [-0.15, -0.1) is 0 Å². The second-order valence-corrected chi connectivity index (χ2v) is 7.16. The number of aromatic amines is 1. The van der Waals surface area contributed by atoms with Crippen LogP contribution in [0.2, 0.25) is 0 Å². The van der Waals surface area contributed by atoms with Crippen LogP contribution in [-0.4, -0.2) is 22.4 Å². The van der Waals surface area contributed by atoms with Crippen LogP contribution < -0.4 is 5.32 Å². The Morgan fingerprint density at radius 3 is 2.68 bits per heavy atom. The smallest absolute Gasteiger partial charge is 0.416 e. The number of para-hydroxylation sites is 1.